The molecule has 0 aromatic heterocycles. The third-order valence-corrected chi connectivity index (χ3v) is 0. The van der Waals surface area contributed by atoms with Gasteiger partial charge in [-0.3, -0.25) is 0 Å². The zero-order chi connectivity index (χ0) is 2.00. The molecule has 9 heavy (non-hydrogen) atoms. The molecular formula is O6PtV2-10. The van der Waals surface area contributed by atoms with Gasteiger partial charge in [-0.05, 0) is 0 Å². The zero-order valence-corrected chi connectivity index (χ0v) is 8.73. The van der Waals surface area contributed by atoms with E-state index in [-0.39, 0.29) is 64.5 Å². The fraction of sp³-hybridized carbons (Fsp3) is 0. The van der Waals surface area contributed by atoms with Crippen molar-refractivity contribution < 1.29 is 87.7 Å². The third-order valence-electron chi connectivity index (χ3n) is 0. The van der Waals surface area contributed by atoms with E-state index in [1.54, 1.807) is 0 Å². The van der Waals surface area contributed by atoms with Crippen LogP contribution in [-0.2, 0) is 87.7 Å². The smallest absolute Gasteiger partial charge is 0 e. The maximum Gasteiger partial charge on any atom is 0 e. The van der Waals surface area contributed by atoms with Gasteiger partial charge in [-0.15, -0.1) is 0 Å². The minimum atomic E-state index is 0. The Bertz CT molecular complexity index is 11.0. The van der Waals surface area contributed by atoms with Crippen LogP contribution in [0.1, 0.15) is 0 Å². The van der Waals surface area contributed by atoms with E-state index >= 15 is 0 Å². The number of hydrogen-bond donors (Lipinski definition) is 0. The van der Waals surface area contributed by atoms with Crippen LogP contribution >= 0.6 is 0 Å². The second-order valence-electron chi connectivity index (χ2n) is 0. The van der Waals surface area contributed by atoms with Gasteiger partial charge in [0.2, 0.25) is 0 Å². The quantitative estimate of drug-likeness (QED) is 0.523. The molecule has 0 saturated carbocycles. The standard InChI is InChI=1S/6O.Pt.2V/q;5*-2;;;. The Hall–Kier alpha value is 1.46. The van der Waals surface area contributed by atoms with Gasteiger partial charge in [-0.2, -0.15) is 0 Å². The molecule has 0 bridgehead atoms. The second kappa shape index (κ2) is 319. The minimum absolute atomic E-state index is 0. The summed E-state index contributed by atoms with van der Waals surface area (Å²) < 4.78 is 8.22. The van der Waals surface area contributed by atoms with Gasteiger partial charge in [-0.25, -0.2) is 0 Å². The molecule has 2 radical (unpaired) electrons. The molecule has 0 spiro atoms. The van der Waals surface area contributed by atoms with Crippen LogP contribution < -0.4 is 0 Å². The predicted octanol–water partition coefficient (Wildman–Crippen LogP) is -0.720. The van der Waals surface area contributed by atoms with E-state index in [1.807, 2.05) is 0 Å². The van der Waals surface area contributed by atoms with Crippen LogP contribution in [0.4, 0.5) is 0 Å². The largest absolute Gasteiger partial charge is 0 e. The second-order valence-corrected chi connectivity index (χ2v) is 0. The Labute approximate surface area is 87.3 Å². The van der Waals surface area contributed by atoms with Crippen molar-refractivity contribution in [3.05, 3.63) is 0 Å². The van der Waals surface area contributed by atoms with Crippen LogP contribution in [0.15, 0.2) is 0 Å². The molecule has 0 N–H and O–H groups in total. The van der Waals surface area contributed by atoms with Crippen LogP contribution in [0, 0.1) is 0 Å². The summed E-state index contributed by atoms with van der Waals surface area (Å²) in [5.41, 5.74) is 0. The fourth-order valence-corrected chi connectivity index (χ4v) is 0. The molecule has 0 amide bonds. The fourth-order valence-electron chi connectivity index (χ4n) is 0. The van der Waals surface area contributed by atoms with Crippen molar-refractivity contribution in [1.82, 2.24) is 0 Å². The SMILES string of the molecule is [O-2].[O-2].[O-2].[O-2].[O-2].[O]=[Pt].[V].[V]. The van der Waals surface area contributed by atoms with Crippen LogP contribution in [-0.4, -0.2) is 0 Å². The summed E-state index contributed by atoms with van der Waals surface area (Å²) in [4.78, 5) is 0. The van der Waals surface area contributed by atoms with Gasteiger partial charge in [0.1, 0.15) is 0 Å². The molecule has 0 heterocycles. The molecule has 0 aromatic rings. The summed E-state index contributed by atoms with van der Waals surface area (Å²) in [5, 5.41) is 0. The summed E-state index contributed by atoms with van der Waals surface area (Å²) in [6, 6.07) is 0. The van der Waals surface area contributed by atoms with Crippen molar-refractivity contribution in [2.45, 2.75) is 0 Å². The summed E-state index contributed by atoms with van der Waals surface area (Å²) in [6.45, 7) is 0. The van der Waals surface area contributed by atoms with E-state index in [2.05, 4.69) is 0 Å². The Balaban J connectivity index is -0.000000000238. The average molecular weight is 393 g/mol. The molecule has 0 unspecified atom stereocenters. The van der Waals surface area contributed by atoms with E-state index in [4.69, 9.17) is 3.40 Å². The molecule has 6 nitrogen and oxygen atoms in total. The molecule has 66 valence electrons. The van der Waals surface area contributed by atoms with Gasteiger partial charge < -0.3 is 27.4 Å². The van der Waals surface area contributed by atoms with Crippen LogP contribution in [0.25, 0.3) is 0 Å². The van der Waals surface area contributed by atoms with E-state index in [1.165, 1.54) is 0 Å². The minimum Gasteiger partial charge on any atom is 0 e. The molecule has 0 fully saturated rings. The van der Waals surface area contributed by atoms with Crippen molar-refractivity contribution in [3.8, 4) is 0 Å². The summed E-state index contributed by atoms with van der Waals surface area (Å²) >= 11 is 0.889. The van der Waals surface area contributed by atoms with Crippen molar-refractivity contribution in [2.24, 2.45) is 0 Å². The molecule has 0 rings (SSSR count). The number of rotatable bonds is 0. The molecule has 0 atom stereocenters. The first-order chi connectivity index (χ1) is 1.00. The average Bonchev–Trinajstić information content (AvgIpc) is 1.00. The Morgan fingerprint density at radius 1 is 0.556 bits per heavy atom. The third kappa shape index (κ3) is 248. The van der Waals surface area contributed by atoms with Crippen LogP contribution in [0.5, 0.6) is 0 Å². The molecule has 0 aliphatic heterocycles. The maximum atomic E-state index is 8.22. The van der Waals surface area contributed by atoms with E-state index in [0.29, 0.717) is 0 Å². The first kappa shape index (κ1) is 155. The van der Waals surface area contributed by atoms with E-state index in [0.717, 1.165) is 19.8 Å². The normalized spacial score (nSPS) is 0.667. The number of hydrogen-bond acceptors (Lipinski definition) is 1. The Kier molecular flexibility index (Phi) is 5480. The topological polar surface area (TPSA) is 160 Å². The Morgan fingerprint density at radius 3 is 0.556 bits per heavy atom. The first-order valence-corrected chi connectivity index (χ1v) is 1.06. The zero-order valence-electron chi connectivity index (χ0n) is 3.66. The summed E-state index contributed by atoms with van der Waals surface area (Å²) in [6.07, 6.45) is 0. The van der Waals surface area contributed by atoms with Crippen molar-refractivity contribution in [1.29, 1.82) is 0 Å². The monoisotopic (exact) mass is 393 g/mol. The van der Waals surface area contributed by atoms with Crippen molar-refractivity contribution >= 4 is 0 Å². The van der Waals surface area contributed by atoms with E-state index < -0.39 is 0 Å². The van der Waals surface area contributed by atoms with Gasteiger partial charge in [0.15, 0.2) is 0 Å². The van der Waals surface area contributed by atoms with Gasteiger partial charge >= 0.3 is 23.2 Å². The van der Waals surface area contributed by atoms with Gasteiger partial charge in [-0.1, -0.05) is 0 Å². The maximum absolute atomic E-state index is 8.22. The van der Waals surface area contributed by atoms with E-state index in [9.17, 15) is 0 Å². The molecule has 9 heteroatoms. The predicted molar refractivity (Wildman–Crippen MR) is 4.12 cm³/mol. The van der Waals surface area contributed by atoms with Crippen molar-refractivity contribution in [3.63, 3.8) is 0 Å². The van der Waals surface area contributed by atoms with Gasteiger partial charge in [0.05, 0.1) is 0 Å². The molecular weight excluding hydrogens is 393 g/mol. The molecule has 0 aliphatic rings. The van der Waals surface area contributed by atoms with Crippen molar-refractivity contribution in [2.75, 3.05) is 0 Å². The molecule has 0 saturated heterocycles. The van der Waals surface area contributed by atoms with Crippen LogP contribution in [0.3, 0.4) is 0 Å². The summed E-state index contributed by atoms with van der Waals surface area (Å²) in [7, 11) is 0. The first-order valence-electron chi connectivity index (χ1n) is 0.129. The molecule has 0 aromatic carbocycles. The van der Waals surface area contributed by atoms with Gasteiger partial charge in [0.25, 0.3) is 0 Å². The molecule has 0 aliphatic carbocycles. The van der Waals surface area contributed by atoms with Gasteiger partial charge in [0, 0.05) is 37.1 Å². The van der Waals surface area contributed by atoms with Crippen LogP contribution in [0.2, 0.25) is 0 Å². The summed E-state index contributed by atoms with van der Waals surface area (Å²) in [5.74, 6) is 0. The Morgan fingerprint density at radius 2 is 0.556 bits per heavy atom.